The molecule has 2 aliphatic carbocycles. The van der Waals surface area contributed by atoms with Crippen molar-refractivity contribution in [2.45, 2.75) is 142 Å². The molecule has 0 saturated heterocycles. The summed E-state index contributed by atoms with van der Waals surface area (Å²) >= 11 is 1.95. The van der Waals surface area contributed by atoms with Crippen molar-refractivity contribution in [1.29, 1.82) is 0 Å². The maximum absolute atomic E-state index is 2.90. The van der Waals surface area contributed by atoms with E-state index in [0.717, 1.165) is 0 Å². The fourth-order valence-corrected chi connectivity index (χ4v) is 13.5. The van der Waals surface area contributed by atoms with Crippen molar-refractivity contribution in [1.82, 2.24) is 0 Å². The summed E-state index contributed by atoms with van der Waals surface area (Å²) in [6.45, 7) is 27.2. The molecule has 1 saturated carbocycles. The predicted molar refractivity (Wildman–Crippen MR) is 245 cm³/mol. The molecule has 2 nitrogen and oxygen atoms in total. The van der Waals surface area contributed by atoms with E-state index in [1.165, 1.54) is 126 Å². The van der Waals surface area contributed by atoms with E-state index in [-0.39, 0.29) is 34.0 Å². The molecule has 2 unspecified atom stereocenters. The highest BCUT2D eigenvalue weighted by atomic mass is 32.1. The Morgan fingerprint density at radius 3 is 2.11 bits per heavy atom. The van der Waals surface area contributed by atoms with Gasteiger partial charge in [0.05, 0.1) is 5.54 Å². The minimum absolute atomic E-state index is 0.00323. The van der Waals surface area contributed by atoms with Crippen molar-refractivity contribution in [2.24, 2.45) is 0 Å². The molecule has 0 spiro atoms. The molecule has 0 bridgehead atoms. The van der Waals surface area contributed by atoms with Crippen LogP contribution in [0.25, 0.3) is 31.3 Å². The van der Waals surface area contributed by atoms with Gasteiger partial charge in [0.25, 0.3) is 0 Å². The molecule has 0 radical (unpaired) electrons. The maximum atomic E-state index is 2.90. The van der Waals surface area contributed by atoms with E-state index in [1.807, 2.05) is 11.3 Å². The molecular weight excluding hydrogens is 695 g/mol. The van der Waals surface area contributed by atoms with Crippen molar-refractivity contribution in [3.05, 3.63) is 106 Å². The maximum Gasteiger partial charge on any atom is 0.333 e. The second-order valence-electron chi connectivity index (χ2n) is 21.3. The molecule has 1 aromatic heterocycles. The molecular formula is C52H57BN2S. The molecule has 5 aromatic carbocycles. The first-order valence-electron chi connectivity index (χ1n) is 21.5. The first-order chi connectivity index (χ1) is 26.4. The van der Waals surface area contributed by atoms with Crippen molar-refractivity contribution in [2.75, 3.05) is 9.71 Å². The van der Waals surface area contributed by atoms with Crippen LogP contribution < -0.4 is 20.6 Å². The van der Waals surface area contributed by atoms with Gasteiger partial charge < -0.3 is 9.71 Å². The Bertz CT molecular complexity index is 2720. The number of hydrogen-bond acceptors (Lipinski definition) is 3. The molecule has 11 rings (SSSR count). The third-order valence-electron chi connectivity index (χ3n) is 15.9. The first-order valence-corrected chi connectivity index (χ1v) is 22.3. The van der Waals surface area contributed by atoms with Gasteiger partial charge in [0.2, 0.25) is 0 Å². The summed E-state index contributed by atoms with van der Waals surface area (Å²) in [5, 5.41) is 2.74. The Morgan fingerprint density at radius 2 is 1.36 bits per heavy atom. The number of fused-ring (bicyclic) bond motifs is 11. The Kier molecular flexibility index (Phi) is 6.86. The third-order valence-corrected chi connectivity index (χ3v) is 17.1. The Labute approximate surface area is 339 Å². The van der Waals surface area contributed by atoms with E-state index >= 15 is 0 Å². The van der Waals surface area contributed by atoms with Crippen molar-refractivity contribution in [3.63, 3.8) is 0 Å². The first kappa shape index (κ1) is 35.2. The standard InChI is InChI=1S/C52H57BN2S/c1-30-22-36-34-28-45-35(33-16-12-13-17-44(33)56-45)27-42(34)55(41-29-38-37(24-31(41)2)49(6,7)20-21-50(38,8)9)53-40-26-32(48(3,4)5)25-39-47(40)54(43(23-30)46(36)53)52(11)19-15-14-18-51(39,52)10/h12-13,16-17,22-29H,14-15,18-21H2,1-11H3. The Hall–Kier alpha value is -4.02. The van der Waals surface area contributed by atoms with Gasteiger partial charge in [0.15, 0.2) is 0 Å². The minimum Gasteiger partial charge on any atom is -0.376 e. The average molecular weight is 753 g/mol. The summed E-state index contributed by atoms with van der Waals surface area (Å²) in [5.74, 6) is 0. The van der Waals surface area contributed by atoms with Gasteiger partial charge in [-0.15, -0.1) is 11.3 Å². The second-order valence-corrected chi connectivity index (χ2v) is 22.4. The summed E-state index contributed by atoms with van der Waals surface area (Å²) in [6.07, 6.45) is 7.46. The predicted octanol–water partition coefficient (Wildman–Crippen LogP) is 13.3. The molecule has 284 valence electrons. The zero-order valence-electron chi connectivity index (χ0n) is 35.6. The number of anilines is 4. The monoisotopic (exact) mass is 752 g/mol. The summed E-state index contributed by atoms with van der Waals surface area (Å²) in [4.78, 5) is 5.75. The summed E-state index contributed by atoms with van der Waals surface area (Å²) in [7, 11) is 0. The van der Waals surface area contributed by atoms with Crippen LogP contribution in [0.3, 0.4) is 0 Å². The molecule has 4 heteroatoms. The third kappa shape index (κ3) is 4.35. The van der Waals surface area contributed by atoms with E-state index in [0.29, 0.717) is 0 Å². The molecule has 2 atom stereocenters. The van der Waals surface area contributed by atoms with Gasteiger partial charge in [-0.05, 0) is 143 Å². The van der Waals surface area contributed by atoms with E-state index in [2.05, 4.69) is 159 Å². The topological polar surface area (TPSA) is 6.48 Å². The van der Waals surface area contributed by atoms with Crippen LogP contribution in [0.15, 0.2) is 72.8 Å². The highest BCUT2D eigenvalue weighted by Gasteiger charge is 2.62. The SMILES string of the molecule is Cc1cc2c3c(c1)N1c4c(cc(C(C)(C)C)cc4C4(C)CCCCC14C)B3N(c1cc3c(cc1C)C(C)(C)CCC3(C)C)c1cc3c(cc1-2)sc1ccccc13. The van der Waals surface area contributed by atoms with Gasteiger partial charge in [0.1, 0.15) is 0 Å². The normalized spacial score (nSPS) is 23.9. The quantitative estimate of drug-likeness (QED) is 0.154. The average Bonchev–Trinajstić information content (AvgIpc) is 3.60. The van der Waals surface area contributed by atoms with Crippen LogP contribution >= 0.6 is 11.3 Å². The zero-order chi connectivity index (χ0) is 39.1. The van der Waals surface area contributed by atoms with Crippen LogP contribution in [0, 0.1) is 13.8 Å². The summed E-state index contributed by atoms with van der Waals surface area (Å²) < 4.78 is 2.75. The van der Waals surface area contributed by atoms with Crippen LogP contribution in [-0.2, 0) is 21.7 Å². The summed E-state index contributed by atoms with van der Waals surface area (Å²) in [5.41, 5.74) is 20.7. The lowest BCUT2D eigenvalue weighted by Crippen LogP contribution is -2.65. The number of nitrogens with zero attached hydrogens (tertiary/aromatic N) is 2. The molecule has 56 heavy (non-hydrogen) atoms. The fourth-order valence-electron chi connectivity index (χ4n) is 12.3. The minimum atomic E-state index is 0.00323. The fraction of sp³-hybridized carbons (Fsp3) is 0.423. The van der Waals surface area contributed by atoms with Gasteiger partial charge in [-0.3, -0.25) is 0 Å². The highest BCUT2D eigenvalue weighted by Crippen LogP contribution is 2.63. The number of rotatable bonds is 1. The Morgan fingerprint density at radius 1 is 0.643 bits per heavy atom. The van der Waals surface area contributed by atoms with Gasteiger partial charge in [0, 0.05) is 53.9 Å². The van der Waals surface area contributed by atoms with E-state index in [4.69, 9.17) is 0 Å². The van der Waals surface area contributed by atoms with Gasteiger partial charge in [-0.2, -0.15) is 0 Å². The second kappa shape index (κ2) is 10.9. The zero-order valence-corrected chi connectivity index (χ0v) is 36.4. The van der Waals surface area contributed by atoms with Crippen LogP contribution in [0.1, 0.15) is 134 Å². The smallest absolute Gasteiger partial charge is 0.333 e. The number of hydrogen-bond donors (Lipinski definition) is 0. The molecule has 0 N–H and O–H groups in total. The van der Waals surface area contributed by atoms with Crippen LogP contribution in [0.2, 0.25) is 0 Å². The van der Waals surface area contributed by atoms with Crippen molar-refractivity contribution >= 4 is 72.0 Å². The molecule has 3 aliphatic heterocycles. The number of thiophene rings is 1. The molecule has 5 aliphatic rings. The lowest BCUT2D eigenvalue weighted by atomic mass is 9.43. The molecule has 0 amide bonds. The van der Waals surface area contributed by atoms with Crippen LogP contribution in [0.5, 0.6) is 0 Å². The van der Waals surface area contributed by atoms with Crippen LogP contribution in [0.4, 0.5) is 22.7 Å². The van der Waals surface area contributed by atoms with E-state index in [9.17, 15) is 0 Å². The summed E-state index contributed by atoms with van der Waals surface area (Å²) in [6, 6.07) is 29.9. The van der Waals surface area contributed by atoms with E-state index < -0.39 is 0 Å². The van der Waals surface area contributed by atoms with E-state index in [1.54, 1.807) is 11.1 Å². The number of benzene rings is 5. The number of aryl methyl sites for hydroxylation is 2. The highest BCUT2D eigenvalue weighted by molar-refractivity contribution is 7.25. The van der Waals surface area contributed by atoms with Gasteiger partial charge in [-0.25, -0.2) is 0 Å². The molecule has 1 fully saturated rings. The lowest BCUT2D eigenvalue weighted by molar-refractivity contribution is 0.195. The molecule has 6 aromatic rings. The van der Waals surface area contributed by atoms with Gasteiger partial charge >= 0.3 is 6.85 Å². The Balaban J connectivity index is 1.31. The lowest BCUT2D eigenvalue weighted by Gasteiger charge is -2.53. The van der Waals surface area contributed by atoms with Crippen LogP contribution in [-0.4, -0.2) is 12.4 Å². The van der Waals surface area contributed by atoms with Crippen molar-refractivity contribution < 1.29 is 0 Å². The van der Waals surface area contributed by atoms with Crippen molar-refractivity contribution in [3.8, 4) is 11.1 Å². The van der Waals surface area contributed by atoms with Gasteiger partial charge in [-0.1, -0.05) is 111 Å². The largest absolute Gasteiger partial charge is 0.376 e. The molecule has 4 heterocycles.